The van der Waals surface area contributed by atoms with E-state index >= 15 is 0 Å². The van der Waals surface area contributed by atoms with Crippen LogP contribution in [0.15, 0.2) is 10.6 Å². The lowest BCUT2D eigenvalue weighted by atomic mass is 10.1. The summed E-state index contributed by atoms with van der Waals surface area (Å²) < 4.78 is 10.5. The summed E-state index contributed by atoms with van der Waals surface area (Å²) in [6.45, 7) is 5.18. The molecule has 0 bridgehead atoms. The zero-order valence-electron chi connectivity index (χ0n) is 11.4. The number of amides is 1. The van der Waals surface area contributed by atoms with Gasteiger partial charge in [0.25, 0.3) is 5.91 Å². The Kier molecular flexibility index (Phi) is 4.21. The van der Waals surface area contributed by atoms with Crippen LogP contribution in [0.25, 0.3) is 0 Å². The highest BCUT2D eigenvalue weighted by atomic mass is 16.5. The molecular formula is C13H21N3O3. The predicted molar refractivity (Wildman–Crippen MR) is 69.5 cm³/mol. The van der Waals surface area contributed by atoms with Crippen molar-refractivity contribution in [2.75, 3.05) is 13.2 Å². The highest BCUT2D eigenvalue weighted by Gasteiger charge is 2.21. The Labute approximate surface area is 112 Å². The van der Waals surface area contributed by atoms with E-state index in [1.165, 1.54) is 12.8 Å². The van der Waals surface area contributed by atoms with Gasteiger partial charge in [-0.2, -0.15) is 0 Å². The minimum Gasteiger partial charge on any atom is -0.373 e. The zero-order valence-corrected chi connectivity index (χ0v) is 11.4. The Balaban J connectivity index is 1.76. The molecule has 3 N–H and O–H groups in total. The van der Waals surface area contributed by atoms with Gasteiger partial charge in [0.1, 0.15) is 6.61 Å². The second-order valence-electron chi connectivity index (χ2n) is 5.81. The fourth-order valence-electron chi connectivity index (χ4n) is 1.50. The monoisotopic (exact) mass is 267 g/mol. The minimum absolute atomic E-state index is 0.259. The van der Waals surface area contributed by atoms with Gasteiger partial charge in [0.05, 0.1) is 0 Å². The Hall–Kier alpha value is -1.40. The van der Waals surface area contributed by atoms with Gasteiger partial charge in [-0.15, -0.1) is 0 Å². The van der Waals surface area contributed by atoms with Gasteiger partial charge in [0, 0.05) is 24.8 Å². The molecule has 0 aliphatic heterocycles. The van der Waals surface area contributed by atoms with Gasteiger partial charge >= 0.3 is 0 Å². The van der Waals surface area contributed by atoms with E-state index in [0.29, 0.717) is 24.8 Å². The van der Waals surface area contributed by atoms with Crippen LogP contribution >= 0.6 is 0 Å². The van der Waals surface area contributed by atoms with Gasteiger partial charge in [0.15, 0.2) is 11.5 Å². The van der Waals surface area contributed by atoms with Gasteiger partial charge in [-0.3, -0.25) is 4.79 Å². The molecule has 0 radical (unpaired) electrons. The number of rotatable bonds is 7. The van der Waals surface area contributed by atoms with Gasteiger partial charge in [-0.25, -0.2) is 0 Å². The summed E-state index contributed by atoms with van der Waals surface area (Å²) in [5.74, 6) is 0.992. The molecule has 1 amide bonds. The molecule has 0 atom stereocenters. The summed E-state index contributed by atoms with van der Waals surface area (Å²) in [5, 5.41) is 6.43. The van der Waals surface area contributed by atoms with Crippen molar-refractivity contribution in [2.45, 2.75) is 38.8 Å². The minimum atomic E-state index is -0.449. The molecule has 0 unspecified atom stereocenters. The lowest BCUT2D eigenvalue weighted by Crippen LogP contribution is -2.45. The van der Waals surface area contributed by atoms with Crippen LogP contribution in [0.4, 0.5) is 0 Å². The lowest BCUT2D eigenvalue weighted by Gasteiger charge is -2.18. The van der Waals surface area contributed by atoms with Gasteiger partial charge in [-0.1, -0.05) is 5.16 Å². The molecule has 106 valence electrons. The molecular weight excluding hydrogens is 246 g/mol. The molecule has 6 nitrogen and oxygen atoms in total. The second kappa shape index (κ2) is 5.71. The SMILES string of the molecule is CC(C)(N)CNC(=O)c1cc(COCC2CC2)on1. The Morgan fingerprint density at radius 3 is 3.00 bits per heavy atom. The maximum atomic E-state index is 11.8. The van der Waals surface area contributed by atoms with E-state index in [-0.39, 0.29) is 11.6 Å². The number of nitrogens with one attached hydrogen (secondary N) is 1. The Bertz CT molecular complexity index is 433. The average molecular weight is 267 g/mol. The van der Waals surface area contributed by atoms with Crippen molar-refractivity contribution < 1.29 is 14.1 Å². The standard InChI is InChI=1S/C13H21N3O3/c1-13(2,14)8-15-12(17)11-5-10(19-16-11)7-18-6-9-3-4-9/h5,9H,3-4,6-8,14H2,1-2H3,(H,15,17). The second-order valence-corrected chi connectivity index (χ2v) is 5.81. The fraction of sp³-hybridized carbons (Fsp3) is 0.692. The first-order valence-corrected chi connectivity index (χ1v) is 6.54. The van der Waals surface area contributed by atoms with Crippen LogP contribution in [0, 0.1) is 5.92 Å². The molecule has 0 aromatic carbocycles. The van der Waals surface area contributed by atoms with Gasteiger partial charge in [-0.05, 0) is 32.6 Å². The summed E-state index contributed by atoms with van der Waals surface area (Å²) in [7, 11) is 0. The van der Waals surface area contributed by atoms with E-state index < -0.39 is 5.54 Å². The van der Waals surface area contributed by atoms with Gasteiger partial charge < -0.3 is 20.3 Å². The summed E-state index contributed by atoms with van der Waals surface area (Å²) in [6.07, 6.45) is 2.50. The number of hydrogen-bond donors (Lipinski definition) is 2. The number of ether oxygens (including phenoxy) is 1. The van der Waals surface area contributed by atoms with Gasteiger partial charge in [0.2, 0.25) is 0 Å². The summed E-state index contributed by atoms with van der Waals surface area (Å²) in [4.78, 5) is 11.8. The summed E-state index contributed by atoms with van der Waals surface area (Å²) in [6, 6.07) is 1.60. The zero-order chi connectivity index (χ0) is 13.9. The van der Waals surface area contributed by atoms with Crippen molar-refractivity contribution in [3.05, 3.63) is 17.5 Å². The first-order valence-electron chi connectivity index (χ1n) is 6.54. The quantitative estimate of drug-likeness (QED) is 0.771. The predicted octanol–water partition coefficient (Wildman–Crippen LogP) is 1.07. The third-order valence-electron chi connectivity index (χ3n) is 2.79. The lowest BCUT2D eigenvalue weighted by molar-refractivity contribution is 0.0910. The summed E-state index contributed by atoms with van der Waals surface area (Å²) >= 11 is 0. The first-order chi connectivity index (χ1) is 8.94. The van der Waals surface area contributed by atoms with Crippen LogP contribution in [0.2, 0.25) is 0 Å². The molecule has 1 aliphatic carbocycles. The van der Waals surface area contributed by atoms with Crippen LogP contribution in [-0.2, 0) is 11.3 Å². The van der Waals surface area contributed by atoms with E-state index in [2.05, 4.69) is 10.5 Å². The third-order valence-corrected chi connectivity index (χ3v) is 2.79. The normalized spacial score (nSPS) is 15.5. The molecule has 0 spiro atoms. The molecule has 1 fully saturated rings. The molecule has 19 heavy (non-hydrogen) atoms. The number of nitrogens with zero attached hydrogens (tertiary/aromatic N) is 1. The molecule has 6 heteroatoms. The molecule has 1 heterocycles. The van der Waals surface area contributed by atoms with Crippen molar-refractivity contribution in [1.82, 2.24) is 10.5 Å². The molecule has 1 saturated carbocycles. The maximum Gasteiger partial charge on any atom is 0.273 e. The van der Waals surface area contributed by atoms with E-state index in [1.54, 1.807) is 6.07 Å². The molecule has 1 aliphatic rings. The number of carbonyl (C=O) groups excluding carboxylic acids is 1. The number of aromatic nitrogens is 1. The van der Waals surface area contributed by atoms with Crippen molar-refractivity contribution in [3.8, 4) is 0 Å². The van der Waals surface area contributed by atoms with E-state index in [4.69, 9.17) is 15.0 Å². The van der Waals surface area contributed by atoms with E-state index in [1.807, 2.05) is 13.8 Å². The highest BCUT2D eigenvalue weighted by molar-refractivity contribution is 5.92. The Morgan fingerprint density at radius 1 is 1.63 bits per heavy atom. The number of hydrogen-bond acceptors (Lipinski definition) is 5. The van der Waals surface area contributed by atoms with Crippen molar-refractivity contribution >= 4 is 5.91 Å². The number of nitrogens with two attached hydrogens (primary N) is 1. The highest BCUT2D eigenvalue weighted by Crippen LogP contribution is 2.29. The van der Waals surface area contributed by atoms with Crippen molar-refractivity contribution in [2.24, 2.45) is 11.7 Å². The average Bonchev–Trinajstić information content (AvgIpc) is 3.02. The summed E-state index contributed by atoms with van der Waals surface area (Å²) in [5.41, 5.74) is 5.60. The van der Waals surface area contributed by atoms with Crippen molar-refractivity contribution in [3.63, 3.8) is 0 Å². The fourth-order valence-corrected chi connectivity index (χ4v) is 1.50. The van der Waals surface area contributed by atoms with Crippen molar-refractivity contribution in [1.29, 1.82) is 0 Å². The van der Waals surface area contributed by atoms with E-state index in [0.717, 1.165) is 6.61 Å². The maximum absolute atomic E-state index is 11.8. The Morgan fingerprint density at radius 2 is 2.37 bits per heavy atom. The van der Waals surface area contributed by atoms with Crippen LogP contribution in [0.5, 0.6) is 0 Å². The van der Waals surface area contributed by atoms with Crippen LogP contribution in [0.3, 0.4) is 0 Å². The first kappa shape index (κ1) is 14.0. The topological polar surface area (TPSA) is 90.4 Å². The molecule has 2 rings (SSSR count). The number of carbonyl (C=O) groups is 1. The largest absolute Gasteiger partial charge is 0.373 e. The molecule has 1 aromatic rings. The van der Waals surface area contributed by atoms with Crippen LogP contribution in [-0.4, -0.2) is 29.8 Å². The van der Waals surface area contributed by atoms with E-state index in [9.17, 15) is 4.79 Å². The third kappa shape index (κ3) is 5.00. The molecule has 1 aromatic heterocycles. The van der Waals surface area contributed by atoms with Crippen LogP contribution in [0.1, 0.15) is 42.9 Å². The molecule has 0 saturated heterocycles. The smallest absolute Gasteiger partial charge is 0.273 e. The van der Waals surface area contributed by atoms with Crippen LogP contribution < -0.4 is 11.1 Å².